The average Bonchev–Trinajstić information content (AvgIpc) is 3.11. The summed E-state index contributed by atoms with van der Waals surface area (Å²) in [5.41, 5.74) is 0.723. The van der Waals surface area contributed by atoms with Gasteiger partial charge < -0.3 is 15.4 Å². The Morgan fingerprint density at radius 1 is 1.07 bits per heavy atom. The van der Waals surface area contributed by atoms with Crippen LogP contribution >= 0.6 is 0 Å². The van der Waals surface area contributed by atoms with E-state index in [1.807, 2.05) is 0 Å². The fraction of sp³-hybridized carbons (Fsp3) is 0.286. The second-order valence-electron chi connectivity index (χ2n) is 7.11. The lowest BCUT2D eigenvalue weighted by Crippen LogP contribution is -2.20. The molecule has 1 aromatic carbocycles. The topological polar surface area (TPSA) is 72.0 Å². The second-order valence-corrected chi connectivity index (χ2v) is 7.11. The smallest absolute Gasteiger partial charge is 0.166 e. The fourth-order valence-electron chi connectivity index (χ4n) is 3.19. The Labute approximate surface area is 167 Å². The van der Waals surface area contributed by atoms with Crippen LogP contribution in [-0.4, -0.2) is 34.7 Å². The van der Waals surface area contributed by atoms with Crippen molar-refractivity contribution < 1.29 is 13.5 Å². The molecule has 29 heavy (non-hydrogen) atoms. The molecule has 0 bridgehead atoms. The average molecular weight is 397 g/mol. The summed E-state index contributed by atoms with van der Waals surface area (Å²) in [4.78, 5) is 12.7. The summed E-state index contributed by atoms with van der Waals surface area (Å²) in [6, 6.07) is 9.33. The molecule has 1 fully saturated rings. The van der Waals surface area contributed by atoms with E-state index >= 15 is 0 Å². The van der Waals surface area contributed by atoms with Gasteiger partial charge in [0, 0.05) is 31.2 Å². The first kappa shape index (κ1) is 19.2. The Hall–Kier alpha value is -3.13. The summed E-state index contributed by atoms with van der Waals surface area (Å²) in [6.07, 6.45) is 2.60. The Balaban J connectivity index is 1.64. The van der Waals surface area contributed by atoms with Crippen molar-refractivity contribution >= 4 is 17.3 Å². The fourth-order valence-corrected chi connectivity index (χ4v) is 3.19. The molecule has 3 aromatic rings. The highest BCUT2D eigenvalue weighted by Gasteiger charge is 2.24. The van der Waals surface area contributed by atoms with Crippen molar-refractivity contribution in [3.63, 3.8) is 0 Å². The van der Waals surface area contributed by atoms with Gasteiger partial charge in [0.1, 0.15) is 23.3 Å². The molecule has 0 amide bonds. The summed E-state index contributed by atoms with van der Waals surface area (Å²) in [6.45, 7) is 4.26. The van der Waals surface area contributed by atoms with Crippen molar-refractivity contribution in [2.24, 2.45) is 11.8 Å². The van der Waals surface area contributed by atoms with Crippen molar-refractivity contribution in [1.82, 2.24) is 15.0 Å². The molecule has 1 aliphatic rings. The third kappa shape index (κ3) is 4.65. The number of nitrogens with zero attached hydrogens (tertiary/aromatic N) is 3. The highest BCUT2D eigenvalue weighted by molar-refractivity contribution is 5.65. The normalized spacial score (nSPS) is 18.6. The quantitative estimate of drug-likeness (QED) is 0.648. The monoisotopic (exact) mass is 397 g/mol. The van der Waals surface area contributed by atoms with Crippen LogP contribution in [0.5, 0.6) is 0 Å². The van der Waals surface area contributed by atoms with E-state index in [-0.39, 0.29) is 11.4 Å². The number of anilines is 3. The third-order valence-corrected chi connectivity index (χ3v) is 4.88. The predicted octanol–water partition coefficient (Wildman–Crippen LogP) is 4.25. The van der Waals surface area contributed by atoms with Gasteiger partial charge in [-0.05, 0) is 18.1 Å². The van der Waals surface area contributed by atoms with Gasteiger partial charge in [0.2, 0.25) is 0 Å². The SMILES string of the molecule is C[C@@H]1COC[C@@H]1CNc1cc(Nc2cncc(F)c2)nc(-c2ccccc2F)n1. The molecule has 8 heteroatoms. The van der Waals surface area contributed by atoms with Crippen LogP contribution < -0.4 is 10.6 Å². The molecule has 0 spiro atoms. The van der Waals surface area contributed by atoms with Crippen LogP contribution in [0.1, 0.15) is 6.92 Å². The highest BCUT2D eigenvalue weighted by atomic mass is 19.1. The summed E-state index contributed by atoms with van der Waals surface area (Å²) >= 11 is 0. The number of halogens is 2. The van der Waals surface area contributed by atoms with Crippen LogP contribution in [0.15, 0.2) is 48.8 Å². The number of hydrogen-bond donors (Lipinski definition) is 2. The molecule has 0 saturated carbocycles. The molecule has 6 nitrogen and oxygen atoms in total. The standard InChI is InChI=1S/C21H21F2N5O/c1-13-11-29-12-14(13)8-25-19-7-20(26-16-6-15(22)9-24-10-16)28-21(27-19)17-4-2-3-5-18(17)23/h2-7,9-10,13-14H,8,11-12H2,1H3,(H2,25,26,27,28)/t13-,14+/m1/s1. The van der Waals surface area contributed by atoms with Crippen molar-refractivity contribution in [2.45, 2.75) is 6.92 Å². The predicted molar refractivity (Wildman–Crippen MR) is 107 cm³/mol. The van der Waals surface area contributed by atoms with E-state index in [2.05, 4.69) is 32.5 Å². The lowest BCUT2D eigenvalue weighted by atomic mass is 9.98. The van der Waals surface area contributed by atoms with Gasteiger partial charge in [0.15, 0.2) is 5.82 Å². The summed E-state index contributed by atoms with van der Waals surface area (Å²) in [5, 5.41) is 6.31. The molecule has 1 saturated heterocycles. The number of ether oxygens (including phenoxy) is 1. The number of rotatable bonds is 6. The van der Waals surface area contributed by atoms with Gasteiger partial charge in [-0.25, -0.2) is 18.7 Å². The molecule has 3 heterocycles. The van der Waals surface area contributed by atoms with E-state index in [1.54, 1.807) is 24.3 Å². The largest absolute Gasteiger partial charge is 0.381 e. The Kier molecular flexibility index (Phi) is 5.62. The van der Waals surface area contributed by atoms with Crippen molar-refractivity contribution in [3.8, 4) is 11.4 Å². The Morgan fingerprint density at radius 2 is 1.90 bits per heavy atom. The maximum Gasteiger partial charge on any atom is 0.166 e. The first-order valence-corrected chi connectivity index (χ1v) is 9.41. The molecule has 2 atom stereocenters. The number of nitrogens with one attached hydrogen (secondary N) is 2. The van der Waals surface area contributed by atoms with Crippen LogP contribution in [0.25, 0.3) is 11.4 Å². The van der Waals surface area contributed by atoms with Gasteiger partial charge in [0.05, 0.1) is 30.3 Å². The van der Waals surface area contributed by atoms with Gasteiger partial charge in [-0.2, -0.15) is 0 Å². The zero-order chi connectivity index (χ0) is 20.2. The van der Waals surface area contributed by atoms with Gasteiger partial charge in [-0.1, -0.05) is 19.1 Å². The summed E-state index contributed by atoms with van der Waals surface area (Å²) in [7, 11) is 0. The lowest BCUT2D eigenvalue weighted by molar-refractivity contribution is 0.182. The van der Waals surface area contributed by atoms with Crippen LogP contribution in [-0.2, 0) is 4.74 Å². The molecule has 1 aliphatic heterocycles. The van der Waals surface area contributed by atoms with E-state index < -0.39 is 11.6 Å². The third-order valence-electron chi connectivity index (χ3n) is 4.88. The maximum atomic E-state index is 14.3. The van der Waals surface area contributed by atoms with Crippen molar-refractivity contribution in [3.05, 3.63) is 60.4 Å². The zero-order valence-electron chi connectivity index (χ0n) is 15.9. The molecule has 0 unspecified atom stereocenters. The minimum absolute atomic E-state index is 0.232. The Bertz CT molecular complexity index is 1000. The van der Waals surface area contributed by atoms with Crippen molar-refractivity contribution in [1.29, 1.82) is 0 Å². The minimum Gasteiger partial charge on any atom is -0.381 e. The van der Waals surface area contributed by atoms with E-state index in [0.717, 1.165) is 12.8 Å². The first-order valence-electron chi connectivity index (χ1n) is 9.41. The van der Waals surface area contributed by atoms with E-state index in [4.69, 9.17) is 4.74 Å². The van der Waals surface area contributed by atoms with Gasteiger partial charge >= 0.3 is 0 Å². The van der Waals surface area contributed by atoms with Crippen molar-refractivity contribution in [2.75, 3.05) is 30.4 Å². The molecular formula is C21H21F2N5O. The second kappa shape index (κ2) is 8.48. The molecule has 0 aliphatic carbocycles. The van der Waals surface area contributed by atoms with Gasteiger partial charge in [-0.3, -0.25) is 4.98 Å². The number of hydrogen-bond acceptors (Lipinski definition) is 6. The molecule has 4 rings (SSSR count). The van der Waals surface area contributed by atoms with E-state index in [1.165, 1.54) is 18.3 Å². The van der Waals surface area contributed by atoms with Gasteiger partial charge in [0.25, 0.3) is 0 Å². The highest BCUT2D eigenvalue weighted by Crippen LogP contribution is 2.26. The molecular weight excluding hydrogens is 376 g/mol. The van der Waals surface area contributed by atoms with Crippen LogP contribution in [0.2, 0.25) is 0 Å². The number of benzene rings is 1. The van der Waals surface area contributed by atoms with Gasteiger partial charge in [-0.15, -0.1) is 0 Å². The van der Waals surface area contributed by atoms with Crippen LogP contribution in [0, 0.1) is 23.5 Å². The molecule has 150 valence electrons. The van der Waals surface area contributed by atoms with Crippen LogP contribution in [0.3, 0.4) is 0 Å². The number of aromatic nitrogens is 3. The molecule has 0 radical (unpaired) electrons. The first-order chi connectivity index (χ1) is 14.1. The minimum atomic E-state index is -0.466. The maximum absolute atomic E-state index is 14.3. The van der Waals surface area contributed by atoms with E-state index in [0.29, 0.717) is 42.3 Å². The Morgan fingerprint density at radius 3 is 2.66 bits per heavy atom. The summed E-state index contributed by atoms with van der Waals surface area (Å²) < 4.78 is 33.3. The lowest BCUT2D eigenvalue weighted by Gasteiger charge is -2.16. The summed E-state index contributed by atoms with van der Waals surface area (Å²) in [5.74, 6) is 1.12. The molecule has 2 N–H and O–H groups in total. The molecule has 2 aromatic heterocycles. The number of pyridine rings is 1. The van der Waals surface area contributed by atoms with E-state index in [9.17, 15) is 8.78 Å². The zero-order valence-corrected chi connectivity index (χ0v) is 15.9. The van der Waals surface area contributed by atoms with Crippen LogP contribution in [0.4, 0.5) is 26.1 Å².